The average molecular weight is 883 g/mol. The fraction of sp³-hybridized carbons (Fsp3) is 0.756. The Morgan fingerprint density at radius 1 is 0.516 bits per heavy atom. The molecule has 0 bridgehead atoms. The van der Waals surface area contributed by atoms with E-state index in [1.165, 1.54) is 34.8 Å². The second-order valence-electron chi connectivity index (χ2n) is 17.7. The van der Waals surface area contributed by atoms with Gasteiger partial charge in [-0.3, -0.25) is 43.2 Å². The minimum Gasteiger partial charge on any atom is -0.467 e. The Kier molecular flexibility index (Phi) is 24.6. The van der Waals surface area contributed by atoms with Gasteiger partial charge in [0.15, 0.2) is 0 Å². The summed E-state index contributed by atoms with van der Waals surface area (Å²) in [5.41, 5.74) is 2.29. The molecule has 62 heavy (non-hydrogen) atoms. The molecule has 0 heterocycles. The maximum absolute atomic E-state index is 13.4. The molecule has 21 nitrogen and oxygen atoms in total. The summed E-state index contributed by atoms with van der Waals surface area (Å²) in [6, 6.07) is -4.02. The first-order valence-electron chi connectivity index (χ1n) is 21.0. The van der Waals surface area contributed by atoms with Crippen LogP contribution in [0.25, 0.3) is 0 Å². The SMILES string of the molecule is CC[C@H](C)[C@H](NC(=O)CNC(=O)C(C)(C)NC(=O)[C@H](CC(C)C)NC(=O)CNC(=O)CNC(=O)C(C)(C)NC(=O)[C@H](CC(C)C)NC(=O)CN)C(=O)N[C@@H](CC(C)C)C(=O)OC. The van der Waals surface area contributed by atoms with E-state index in [0.29, 0.717) is 12.8 Å². The molecule has 0 spiro atoms. The number of hydrogen-bond donors (Lipinski definition) is 10. The first-order chi connectivity index (χ1) is 28.6. The highest BCUT2D eigenvalue weighted by atomic mass is 16.5. The molecule has 0 saturated heterocycles. The van der Waals surface area contributed by atoms with Crippen molar-refractivity contribution in [1.29, 1.82) is 0 Å². The number of nitrogens with two attached hydrogens (primary N) is 1. The van der Waals surface area contributed by atoms with Crippen LogP contribution in [-0.2, 0) is 52.7 Å². The Bertz CT molecular complexity index is 1580. The molecule has 0 fully saturated rings. The minimum absolute atomic E-state index is 0.0330. The molecule has 0 aromatic rings. The molecule has 0 rings (SSSR count). The van der Waals surface area contributed by atoms with Gasteiger partial charge < -0.3 is 58.3 Å². The van der Waals surface area contributed by atoms with Crippen LogP contribution >= 0.6 is 0 Å². The Morgan fingerprint density at radius 3 is 1.31 bits per heavy atom. The molecule has 0 saturated carbocycles. The number of ether oxygens (including phenoxy) is 1. The summed E-state index contributed by atoms with van der Waals surface area (Å²) in [6.07, 6.45) is 1.28. The first kappa shape index (κ1) is 56.7. The van der Waals surface area contributed by atoms with Gasteiger partial charge in [0.1, 0.15) is 35.2 Å². The summed E-state index contributed by atoms with van der Waals surface area (Å²) in [6.45, 7) is 18.3. The molecular weight excluding hydrogens is 809 g/mol. The number of carbonyl (C=O) groups is 10. The maximum atomic E-state index is 13.4. The zero-order valence-electron chi connectivity index (χ0n) is 38.8. The van der Waals surface area contributed by atoms with Crippen LogP contribution in [0.2, 0.25) is 0 Å². The third-order valence-electron chi connectivity index (χ3n) is 9.50. The Hall–Kier alpha value is -5.34. The predicted octanol–water partition coefficient (Wildman–Crippen LogP) is -1.62. The summed E-state index contributed by atoms with van der Waals surface area (Å²) >= 11 is 0. The first-order valence-corrected chi connectivity index (χ1v) is 21.0. The topological polar surface area (TPSA) is 314 Å². The third kappa shape index (κ3) is 21.4. The maximum Gasteiger partial charge on any atom is 0.328 e. The van der Waals surface area contributed by atoms with E-state index in [2.05, 4.69) is 47.9 Å². The molecule has 354 valence electrons. The highest BCUT2D eigenvalue weighted by Gasteiger charge is 2.36. The molecule has 0 aliphatic heterocycles. The van der Waals surface area contributed by atoms with Crippen molar-refractivity contribution in [3.63, 3.8) is 0 Å². The van der Waals surface area contributed by atoms with Crippen molar-refractivity contribution < 1.29 is 52.7 Å². The summed E-state index contributed by atoms with van der Waals surface area (Å²) in [5, 5.41) is 22.7. The molecule has 21 heteroatoms. The molecule has 5 atom stereocenters. The predicted molar refractivity (Wildman–Crippen MR) is 230 cm³/mol. The van der Waals surface area contributed by atoms with E-state index < -0.39 is 114 Å². The van der Waals surface area contributed by atoms with E-state index in [1.807, 2.05) is 48.5 Å². The van der Waals surface area contributed by atoms with Crippen molar-refractivity contribution in [3.05, 3.63) is 0 Å². The van der Waals surface area contributed by atoms with Crippen molar-refractivity contribution in [1.82, 2.24) is 47.9 Å². The number of methoxy groups -OCH3 is 1. The number of esters is 1. The number of amides is 9. The monoisotopic (exact) mass is 883 g/mol. The van der Waals surface area contributed by atoms with Gasteiger partial charge in [-0.25, -0.2) is 4.79 Å². The molecule has 0 radical (unpaired) electrons. The minimum atomic E-state index is -1.58. The third-order valence-corrected chi connectivity index (χ3v) is 9.50. The van der Waals surface area contributed by atoms with Crippen LogP contribution in [0.15, 0.2) is 0 Å². The van der Waals surface area contributed by atoms with Crippen molar-refractivity contribution in [2.45, 2.75) is 144 Å². The molecule has 0 aromatic heterocycles. The van der Waals surface area contributed by atoms with Crippen LogP contribution in [0, 0.1) is 23.7 Å². The molecule has 9 amide bonds. The second-order valence-corrected chi connectivity index (χ2v) is 17.7. The lowest BCUT2D eigenvalue weighted by atomic mass is 9.97. The molecule has 0 aromatic carbocycles. The molecule has 11 N–H and O–H groups in total. The smallest absolute Gasteiger partial charge is 0.328 e. The number of nitrogens with one attached hydrogen (secondary N) is 9. The van der Waals surface area contributed by atoms with E-state index in [-0.39, 0.29) is 43.1 Å². The van der Waals surface area contributed by atoms with E-state index >= 15 is 0 Å². The lowest BCUT2D eigenvalue weighted by molar-refractivity contribution is -0.146. The molecule has 0 unspecified atom stereocenters. The van der Waals surface area contributed by atoms with Crippen LogP contribution in [0.3, 0.4) is 0 Å². The normalized spacial score (nSPS) is 14.0. The van der Waals surface area contributed by atoms with Gasteiger partial charge in [0.05, 0.1) is 33.3 Å². The molecular formula is C41H74N10O11. The van der Waals surface area contributed by atoms with Crippen molar-refractivity contribution >= 4 is 59.1 Å². The quantitative estimate of drug-likeness (QED) is 0.0417. The van der Waals surface area contributed by atoms with Gasteiger partial charge in [-0.1, -0.05) is 61.8 Å². The zero-order chi connectivity index (χ0) is 48.1. The number of rotatable bonds is 27. The van der Waals surface area contributed by atoms with E-state index in [4.69, 9.17) is 10.5 Å². The molecule has 0 aliphatic carbocycles. The van der Waals surface area contributed by atoms with Crippen LogP contribution < -0.4 is 53.6 Å². The van der Waals surface area contributed by atoms with Crippen molar-refractivity contribution in [2.75, 3.05) is 33.3 Å². The van der Waals surface area contributed by atoms with Crippen molar-refractivity contribution in [3.8, 4) is 0 Å². The zero-order valence-corrected chi connectivity index (χ0v) is 38.8. The van der Waals surface area contributed by atoms with Crippen molar-refractivity contribution in [2.24, 2.45) is 29.4 Å². The average Bonchev–Trinajstić information content (AvgIpc) is 3.17. The Labute approximate surface area is 365 Å². The summed E-state index contributed by atoms with van der Waals surface area (Å²) in [4.78, 5) is 128. The largest absolute Gasteiger partial charge is 0.467 e. The standard InChI is InChI=1S/C41H74N10O11/c1-14-25(8)33(36(58)48-28(17-24(6)7)37(59)62-13)49-32(55)21-45-39(61)41(11,12)51-35(57)27(16-23(4)5)47-31(54)20-43-30(53)19-44-38(60)40(9,10)50-34(56)26(15-22(2)3)46-29(52)18-42/h22-28,33H,14-21,42H2,1-13H3,(H,43,53)(H,44,60)(H,45,61)(H,46,52)(H,47,54)(H,48,58)(H,49,55)(H,50,56)(H,51,57)/t25-,26-,27-,28-,33-/m0/s1. The van der Waals surface area contributed by atoms with E-state index in [1.54, 1.807) is 6.92 Å². The fourth-order valence-corrected chi connectivity index (χ4v) is 5.83. The lowest BCUT2D eigenvalue weighted by Gasteiger charge is -2.29. The van der Waals surface area contributed by atoms with E-state index in [9.17, 15) is 47.9 Å². The van der Waals surface area contributed by atoms with Gasteiger partial charge in [0.25, 0.3) is 0 Å². The Balaban J connectivity index is 5.38. The molecule has 0 aliphatic rings. The second kappa shape index (κ2) is 26.9. The van der Waals surface area contributed by atoms with Crippen LogP contribution in [-0.4, -0.2) is 128 Å². The fourth-order valence-electron chi connectivity index (χ4n) is 5.83. The lowest BCUT2D eigenvalue weighted by Crippen LogP contribution is -2.61. The van der Waals surface area contributed by atoms with Gasteiger partial charge in [-0.2, -0.15) is 0 Å². The van der Waals surface area contributed by atoms with Crippen LogP contribution in [0.1, 0.15) is 109 Å². The summed E-state index contributed by atoms with van der Waals surface area (Å²) in [5.74, 6) is -7.05. The van der Waals surface area contributed by atoms with Crippen LogP contribution in [0.5, 0.6) is 0 Å². The number of hydrogen-bond acceptors (Lipinski definition) is 12. The summed E-state index contributed by atoms with van der Waals surface area (Å²) < 4.78 is 4.83. The summed E-state index contributed by atoms with van der Waals surface area (Å²) in [7, 11) is 1.22. The van der Waals surface area contributed by atoms with Crippen LogP contribution in [0.4, 0.5) is 0 Å². The Morgan fingerprint density at radius 2 is 0.903 bits per heavy atom. The van der Waals surface area contributed by atoms with E-state index in [0.717, 1.165) is 0 Å². The van der Waals surface area contributed by atoms with Gasteiger partial charge in [-0.15, -0.1) is 0 Å². The van der Waals surface area contributed by atoms with Gasteiger partial charge in [-0.05, 0) is 70.6 Å². The van der Waals surface area contributed by atoms with Gasteiger partial charge >= 0.3 is 5.97 Å². The number of carbonyl (C=O) groups excluding carboxylic acids is 10. The van der Waals surface area contributed by atoms with Gasteiger partial charge in [0.2, 0.25) is 53.2 Å². The highest BCUT2D eigenvalue weighted by Crippen LogP contribution is 2.13. The van der Waals surface area contributed by atoms with Gasteiger partial charge in [0, 0.05) is 0 Å². The highest BCUT2D eigenvalue weighted by molar-refractivity contribution is 5.98.